The van der Waals surface area contributed by atoms with Gasteiger partial charge in [-0.3, -0.25) is 4.79 Å². The molecule has 1 aromatic heterocycles. The zero-order valence-corrected chi connectivity index (χ0v) is 13.0. The number of carbonyl (C=O) groups excluding carboxylic acids is 1. The molecule has 1 aromatic rings. The lowest BCUT2D eigenvalue weighted by atomic mass is 9.80. The van der Waals surface area contributed by atoms with Gasteiger partial charge in [-0.15, -0.1) is 10.2 Å². The normalized spacial score (nSPS) is 28.6. The summed E-state index contributed by atoms with van der Waals surface area (Å²) in [5, 5.41) is 21.1. The minimum atomic E-state index is -0.222. The van der Waals surface area contributed by atoms with Gasteiger partial charge in [0.05, 0.1) is 6.10 Å². The van der Waals surface area contributed by atoms with E-state index in [4.69, 9.17) is 0 Å². The summed E-state index contributed by atoms with van der Waals surface area (Å²) in [7, 11) is 1.58. The van der Waals surface area contributed by atoms with Crippen LogP contribution in [0.25, 0.3) is 0 Å². The molecule has 0 radical (unpaired) electrons. The maximum Gasteiger partial charge on any atom is 0.271 e. The minimum Gasteiger partial charge on any atom is -0.393 e. The molecule has 3 rings (SSSR count). The molecule has 3 atom stereocenters. The molecular formula is C16H24N4O2. The molecule has 0 spiro atoms. The van der Waals surface area contributed by atoms with Crippen LogP contribution >= 0.6 is 0 Å². The predicted molar refractivity (Wildman–Crippen MR) is 83.8 cm³/mol. The van der Waals surface area contributed by atoms with Gasteiger partial charge in [0.2, 0.25) is 0 Å². The maximum absolute atomic E-state index is 11.5. The van der Waals surface area contributed by atoms with Crippen LogP contribution in [0.5, 0.6) is 0 Å². The Kier molecular flexibility index (Phi) is 4.57. The van der Waals surface area contributed by atoms with Crippen molar-refractivity contribution in [3.05, 3.63) is 17.8 Å². The van der Waals surface area contributed by atoms with E-state index in [2.05, 4.69) is 20.4 Å². The fraction of sp³-hybridized carbons (Fsp3) is 0.688. The summed E-state index contributed by atoms with van der Waals surface area (Å²) >= 11 is 0. The molecule has 1 saturated carbocycles. The van der Waals surface area contributed by atoms with Gasteiger partial charge in [0.25, 0.3) is 5.91 Å². The van der Waals surface area contributed by atoms with E-state index < -0.39 is 0 Å². The highest BCUT2D eigenvalue weighted by Gasteiger charge is 2.37. The van der Waals surface area contributed by atoms with Crippen molar-refractivity contribution in [2.24, 2.45) is 5.92 Å². The van der Waals surface area contributed by atoms with Gasteiger partial charge in [-0.05, 0) is 37.8 Å². The molecule has 1 aliphatic carbocycles. The molecule has 2 heterocycles. The molecule has 120 valence electrons. The average molecular weight is 304 g/mol. The standard InChI is InChI=1S/C16H24N4O2/c1-17-16(22)12-8-9-15(19-18-12)20-10-4-6-13(20)11-5-2-3-7-14(11)21/h8-9,11,13-14,21H,2-7,10H2,1H3,(H,17,22)/t11-,13-,14-/m1/s1. The van der Waals surface area contributed by atoms with Gasteiger partial charge in [0.1, 0.15) is 0 Å². The zero-order valence-electron chi connectivity index (χ0n) is 13.0. The van der Waals surface area contributed by atoms with Gasteiger partial charge in [0, 0.05) is 25.6 Å². The van der Waals surface area contributed by atoms with Gasteiger partial charge in [-0.1, -0.05) is 12.8 Å². The van der Waals surface area contributed by atoms with Crippen LogP contribution in [0.3, 0.4) is 0 Å². The van der Waals surface area contributed by atoms with Crippen LogP contribution in [-0.4, -0.2) is 46.9 Å². The minimum absolute atomic E-state index is 0.197. The summed E-state index contributed by atoms with van der Waals surface area (Å²) < 4.78 is 0. The molecule has 1 aliphatic heterocycles. The second-order valence-corrected chi connectivity index (χ2v) is 6.27. The summed E-state index contributed by atoms with van der Waals surface area (Å²) in [5.41, 5.74) is 0.333. The maximum atomic E-state index is 11.5. The Balaban J connectivity index is 1.76. The van der Waals surface area contributed by atoms with E-state index in [0.717, 1.165) is 44.5 Å². The first kappa shape index (κ1) is 15.2. The number of aliphatic hydroxyl groups is 1. The average Bonchev–Trinajstić information content (AvgIpc) is 3.04. The number of nitrogens with zero attached hydrogens (tertiary/aromatic N) is 3. The highest BCUT2D eigenvalue weighted by Crippen LogP contribution is 2.36. The van der Waals surface area contributed by atoms with Crippen molar-refractivity contribution in [2.75, 3.05) is 18.5 Å². The van der Waals surface area contributed by atoms with E-state index in [9.17, 15) is 9.90 Å². The molecule has 2 fully saturated rings. The van der Waals surface area contributed by atoms with Crippen molar-refractivity contribution in [1.82, 2.24) is 15.5 Å². The number of hydrogen-bond acceptors (Lipinski definition) is 5. The molecule has 22 heavy (non-hydrogen) atoms. The Bertz CT molecular complexity index is 519. The molecule has 1 amide bonds. The highest BCUT2D eigenvalue weighted by molar-refractivity contribution is 5.91. The lowest BCUT2D eigenvalue weighted by Crippen LogP contribution is -2.43. The first-order chi connectivity index (χ1) is 10.7. The van der Waals surface area contributed by atoms with Crippen molar-refractivity contribution in [1.29, 1.82) is 0 Å². The van der Waals surface area contributed by atoms with Crippen molar-refractivity contribution in [3.8, 4) is 0 Å². The number of carbonyl (C=O) groups is 1. The lowest BCUT2D eigenvalue weighted by molar-refractivity contribution is 0.0565. The fourth-order valence-corrected chi connectivity index (χ4v) is 3.84. The van der Waals surface area contributed by atoms with E-state index >= 15 is 0 Å². The van der Waals surface area contributed by atoms with E-state index in [1.54, 1.807) is 13.1 Å². The molecule has 0 aromatic carbocycles. The van der Waals surface area contributed by atoms with E-state index in [1.165, 1.54) is 6.42 Å². The Morgan fingerprint density at radius 3 is 2.73 bits per heavy atom. The van der Waals surface area contributed by atoms with Gasteiger partial charge in [-0.2, -0.15) is 0 Å². The van der Waals surface area contributed by atoms with E-state index in [1.807, 2.05) is 6.07 Å². The smallest absolute Gasteiger partial charge is 0.271 e. The molecule has 0 bridgehead atoms. The van der Waals surface area contributed by atoms with Crippen molar-refractivity contribution in [2.45, 2.75) is 50.7 Å². The van der Waals surface area contributed by atoms with Crippen molar-refractivity contribution in [3.63, 3.8) is 0 Å². The Hall–Kier alpha value is -1.69. The van der Waals surface area contributed by atoms with Crippen LogP contribution in [0.2, 0.25) is 0 Å². The van der Waals surface area contributed by atoms with Crippen LogP contribution in [0.15, 0.2) is 12.1 Å². The molecule has 6 heteroatoms. The number of amides is 1. The molecule has 1 saturated heterocycles. The zero-order chi connectivity index (χ0) is 15.5. The number of aromatic nitrogens is 2. The second-order valence-electron chi connectivity index (χ2n) is 6.27. The fourth-order valence-electron chi connectivity index (χ4n) is 3.84. The number of rotatable bonds is 3. The van der Waals surface area contributed by atoms with Crippen LogP contribution in [0, 0.1) is 5.92 Å². The molecule has 6 nitrogen and oxygen atoms in total. The summed E-state index contributed by atoms with van der Waals surface area (Å²) in [5.74, 6) is 0.921. The Labute approximate surface area is 130 Å². The van der Waals surface area contributed by atoms with Crippen LogP contribution in [-0.2, 0) is 0 Å². The Morgan fingerprint density at radius 2 is 2.05 bits per heavy atom. The molecule has 2 aliphatic rings. The quantitative estimate of drug-likeness (QED) is 0.881. The third-order valence-electron chi connectivity index (χ3n) is 4.98. The monoisotopic (exact) mass is 304 g/mol. The number of anilines is 1. The summed E-state index contributed by atoms with van der Waals surface area (Å²) in [6.07, 6.45) is 6.35. The van der Waals surface area contributed by atoms with Crippen LogP contribution < -0.4 is 10.2 Å². The first-order valence-corrected chi connectivity index (χ1v) is 8.21. The van der Waals surface area contributed by atoms with Crippen LogP contribution in [0.1, 0.15) is 49.0 Å². The second kappa shape index (κ2) is 6.60. The van der Waals surface area contributed by atoms with E-state index in [-0.39, 0.29) is 12.0 Å². The SMILES string of the molecule is CNC(=O)c1ccc(N2CCC[C@@H]2[C@H]2CCCC[C@H]2O)nn1. The third kappa shape index (κ3) is 2.92. The van der Waals surface area contributed by atoms with Crippen molar-refractivity contribution < 1.29 is 9.90 Å². The largest absolute Gasteiger partial charge is 0.393 e. The van der Waals surface area contributed by atoms with Gasteiger partial charge in [-0.25, -0.2) is 0 Å². The summed E-state index contributed by atoms with van der Waals surface area (Å²) in [6, 6.07) is 3.93. The first-order valence-electron chi connectivity index (χ1n) is 8.21. The molecular weight excluding hydrogens is 280 g/mol. The van der Waals surface area contributed by atoms with E-state index in [0.29, 0.717) is 17.7 Å². The third-order valence-corrected chi connectivity index (χ3v) is 4.98. The van der Waals surface area contributed by atoms with Gasteiger partial charge in [0.15, 0.2) is 11.5 Å². The highest BCUT2D eigenvalue weighted by atomic mass is 16.3. The van der Waals surface area contributed by atoms with Gasteiger partial charge >= 0.3 is 0 Å². The molecule has 2 N–H and O–H groups in total. The Morgan fingerprint density at radius 1 is 1.23 bits per heavy atom. The summed E-state index contributed by atoms with van der Waals surface area (Å²) in [4.78, 5) is 13.8. The van der Waals surface area contributed by atoms with Crippen LogP contribution in [0.4, 0.5) is 5.82 Å². The number of nitrogens with one attached hydrogen (secondary N) is 1. The predicted octanol–water partition coefficient (Wildman–Crippen LogP) is 1.36. The topological polar surface area (TPSA) is 78.4 Å². The molecule has 0 unspecified atom stereocenters. The summed E-state index contributed by atoms with van der Waals surface area (Å²) in [6.45, 7) is 0.946. The number of aliphatic hydroxyl groups excluding tert-OH is 1. The van der Waals surface area contributed by atoms with Crippen molar-refractivity contribution >= 4 is 11.7 Å². The lowest BCUT2D eigenvalue weighted by Gasteiger charge is -2.37. The number of hydrogen-bond donors (Lipinski definition) is 2. The van der Waals surface area contributed by atoms with Gasteiger partial charge < -0.3 is 15.3 Å².